The fourth-order valence-corrected chi connectivity index (χ4v) is 4.91. The van der Waals surface area contributed by atoms with E-state index in [2.05, 4.69) is 26.0 Å². The summed E-state index contributed by atoms with van der Waals surface area (Å²) < 4.78 is 26.4. The molecule has 3 aromatic carbocycles. The number of allylic oxidation sites excluding steroid dienone is 2. The highest BCUT2D eigenvalue weighted by Crippen LogP contribution is 2.46. The van der Waals surface area contributed by atoms with Gasteiger partial charge in [0.25, 0.3) is 0 Å². The number of carboxylic acids is 1. The van der Waals surface area contributed by atoms with Gasteiger partial charge in [-0.2, -0.15) is 0 Å². The summed E-state index contributed by atoms with van der Waals surface area (Å²) in [5.74, 6) is -0.254. The molecule has 37 heavy (non-hydrogen) atoms. The summed E-state index contributed by atoms with van der Waals surface area (Å²) in [6.07, 6.45) is 3.92. The highest BCUT2D eigenvalue weighted by Gasteiger charge is 2.29. The number of aliphatic hydroxyl groups excluding tert-OH is 1. The van der Waals surface area contributed by atoms with Crippen molar-refractivity contribution in [1.29, 1.82) is 0 Å². The van der Waals surface area contributed by atoms with Gasteiger partial charge in [-0.05, 0) is 88.9 Å². The van der Waals surface area contributed by atoms with Crippen LogP contribution in [0.15, 0.2) is 66.7 Å². The molecule has 0 saturated carbocycles. The van der Waals surface area contributed by atoms with Crippen LogP contribution in [-0.4, -0.2) is 23.3 Å². The number of aliphatic hydroxyl groups is 1. The molecule has 1 aliphatic carbocycles. The Morgan fingerprint density at radius 3 is 2.57 bits per heavy atom. The molecular weight excluding hydrogens is 471 g/mol. The lowest BCUT2D eigenvalue weighted by molar-refractivity contribution is -0.139. The van der Waals surface area contributed by atoms with E-state index in [0.717, 1.165) is 36.0 Å². The van der Waals surface area contributed by atoms with Gasteiger partial charge in [0, 0.05) is 5.56 Å². The third-order valence-electron chi connectivity index (χ3n) is 6.94. The molecule has 0 spiro atoms. The minimum Gasteiger partial charge on any atom is -0.497 e. The van der Waals surface area contributed by atoms with Crippen molar-refractivity contribution in [3.63, 3.8) is 0 Å². The Balaban J connectivity index is 1.68. The average Bonchev–Trinajstić information content (AvgIpc) is 2.87. The fraction of sp³-hybridized carbons (Fsp3) is 0.323. The zero-order valence-electron chi connectivity index (χ0n) is 21.5. The van der Waals surface area contributed by atoms with E-state index in [0.29, 0.717) is 22.6 Å². The summed E-state index contributed by atoms with van der Waals surface area (Å²) in [5, 5.41) is 19.1. The molecule has 0 unspecified atom stereocenters. The quantitative estimate of drug-likeness (QED) is 0.323. The molecule has 0 radical (unpaired) electrons. The van der Waals surface area contributed by atoms with E-state index in [-0.39, 0.29) is 24.3 Å². The van der Waals surface area contributed by atoms with Crippen LogP contribution in [0.1, 0.15) is 62.3 Å². The van der Waals surface area contributed by atoms with Crippen LogP contribution in [0, 0.1) is 11.2 Å². The van der Waals surface area contributed by atoms with Crippen molar-refractivity contribution in [3.8, 4) is 22.6 Å². The average molecular weight is 505 g/mol. The Morgan fingerprint density at radius 1 is 1.03 bits per heavy atom. The first-order chi connectivity index (χ1) is 17.7. The zero-order valence-corrected chi connectivity index (χ0v) is 21.5. The maximum Gasteiger partial charge on any atom is 0.306 e. The Bertz CT molecular complexity index is 1310. The Labute approximate surface area is 217 Å². The smallest absolute Gasteiger partial charge is 0.306 e. The molecule has 0 fully saturated rings. The van der Waals surface area contributed by atoms with Crippen molar-refractivity contribution >= 4 is 11.5 Å². The van der Waals surface area contributed by atoms with Crippen LogP contribution in [0.4, 0.5) is 4.39 Å². The van der Waals surface area contributed by atoms with Gasteiger partial charge in [-0.3, -0.25) is 4.79 Å². The Hall–Kier alpha value is -3.64. The third kappa shape index (κ3) is 6.20. The number of halogens is 1. The monoisotopic (exact) mass is 504 g/mol. The topological polar surface area (TPSA) is 76.0 Å². The molecule has 0 amide bonds. The van der Waals surface area contributed by atoms with E-state index in [1.165, 1.54) is 11.6 Å². The van der Waals surface area contributed by atoms with E-state index in [9.17, 15) is 9.90 Å². The molecule has 194 valence electrons. The second-order valence-electron chi connectivity index (χ2n) is 10.1. The molecule has 2 N–H and O–H groups in total. The molecule has 0 bridgehead atoms. The lowest BCUT2D eigenvalue weighted by Gasteiger charge is -2.33. The van der Waals surface area contributed by atoms with Gasteiger partial charge in [-0.1, -0.05) is 44.2 Å². The van der Waals surface area contributed by atoms with Gasteiger partial charge >= 0.3 is 5.97 Å². The predicted molar refractivity (Wildman–Crippen MR) is 142 cm³/mol. The predicted octanol–water partition coefficient (Wildman–Crippen LogP) is 7.18. The maximum atomic E-state index is 15.0. The molecule has 5 nitrogen and oxygen atoms in total. The van der Waals surface area contributed by atoms with Crippen molar-refractivity contribution in [1.82, 2.24) is 0 Å². The molecule has 1 aliphatic rings. The van der Waals surface area contributed by atoms with Crippen LogP contribution in [0.5, 0.6) is 11.5 Å². The number of benzene rings is 3. The number of carbonyl (C=O) groups is 1. The first-order valence-corrected chi connectivity index (χ1v) is 12.5. The summed E-state index contributed by atoms with van der Waals surface area (Å²) in [4.78, 5) is 10.9. The molecule has 1 atom stereocenters. The molecule has 0 heterocycles. The van der Waals surface area contributed by atoms with Crippen LogP contribution in [0.25, 0.3) is 16.7 Å². The van der Waals surface area contributed by atoms with Gasteiger partial charge in [-0.15, -0.1) is 0 Å². The molecule has 0 aromatic heterocycles. The highest BCUT2D eigenvalue weighted by atomic mass is 19.1. The van der Waals surface area contributed by atoms with Crippen LogP contribution >= 0.6 is 0 Å². The lowest BCUT2D eigenvalue weighted by Crippen LogP contribution is -2.18. The van der Waals surface area contributed by atoms with Gasteiger partial charge < -0.3 is 19.7 Å². The summed E-state index contributed by atoms with van der Waals surface area (Å²) in [5.41, 5.74) is 4.81. The van der Waals surface area contributed by atoms with E-state index >= 15 is 4.39 Å². The molecular formula is C31H33FO5. The lowest BCUT2D eigenvalue weighted by atomic mass is 9.71. The normalized spacial score (nSPS) is 15.5. The minimum atomic E-state index is -1.11. The van der Waals surface area contributed by atoms with E-state index in [1.54, 1.807) is 43.5 Å². The van der Waals surface area contributed by atoms with Crippen molar-refractivity contribution < 1.29 is 28.9 Å². The molecule has 0 saturated heterocycles. The summed E-state index contributed by atoms with van der Waals surface area (Å²) >= 11 is 0. The molecule has 0 aliphatic heterocycles. The Morgan fingerprint density at radius 2 is 1.84 bits per heavy atom. The number of hydrogen-bond acceptors (Lipinski definition) is 4. The third-order valence-corrected chi connectivity index (χ3v) is 6.94. The summed E-state index contributed by atoms with van der Waals surface area (Å²) in [6.45, 7) is 4.71. The largest absolute Gasteiger partial charge is 0.497 e. The van der Waals surface area contributed by atoms with Gasteiger partial charge in [0.05, 0.1) is 19.6 Å². The van der Waals surface area contributed by atoms with Crippen LogP contribution in [0.2, 0.25) is 0 Å². The van der Waals surface area contributed by atoms with E-state index in [1.807, 2.05) is 12.1 Å². The van der Waals surface area contributed by atoms with Gasteiger partial charge in [0.1, 0.15) is 23.9 Å². The fourth-order valence-electron chi connectivity index (χ4n) is 4.91. The first kappa shape index (κ1) is 26.4. The number of ether oxygens (including phenoxy) is 2. The summed E-state index contributed by atoms with van der Waals surface area (Å²) in [6, 6.07) is 17.5. The first-order valence-electron chi connectivity index (χ1n) is 12.5. The van der Waals surface area contributed by atoms with Gasteiger partial charge in [0.2, 0.25) is 0 Å². The standard InChI is InChI=1S/C31H33FO5/c1-31(2)14-5-4-9-27(31)25-15-20(10-12-24(25)26-17-22(36-3)11-13-28(26)32)19-37-23-8-6-7-21(16-23)29(33)18-30(34)35/h6-13,15-17,29,33H,4-5,14,18-19H2,1-3H3,(H,34,35)/t29-/m1/s1. The Kier molecular flexibility index (Phi) is 7.98. The zero-order chi connectivity index (χ0) is 26.6. The van der Waals surface area contributed by atoms with E-state index < -0.39 is 12.1 Å². The number of hydrogen-bond donors (Lipinski definition) is 2. The van der Waals surface area contributed by atoms with Gasteiger partial charge in [-0.25, -0.2) is 4.39 Å². The van der Waals surface area contributed by atoms with Crippen molar-refractivity contribution in [2.24, 2.45) is 5.41 Å². The number of methoxy groups -OCH3 is 1. The van der Waals surface area contributed by atoms with Crippen LogP contribution < -0.4 is 9.47 Å². The maximum absolute atomic E-state index is 15.0. The second-order valence-corrected chi connectivity index (χ2v) is 10.1. The van der Waals surface area contributed by atoms with Crippen LogP contribution in [0.3, 0.4) is 0 Å². The molecule has 6 heteroatoms. The molecule has 3 aromatic rings. The number of aliphatic carboxylic acids is 1. The second kappa shape index (κ2) is 11.2. The van der Waals surface area contributed by atoms with Crippen molar-refractivity contribution in [2.75, 3.05) is 7.11 Å². The number of carboxylic acid groups (broad SMARTS) is 1. The number of rotatable bonds is 9. The summed E-state index contributed by atoms with van der Waals surface area (Å²) in [7, 11) is 1.57. The van der Waals surface area contributed by atoms with Crippen molar-refractivity contribution in [2.45, 2.75) is 52.2 Å². The highest BCUT2D eigenvalue weighted by molar-refractivity contribution is 5.84. The SMILES string of the molecule is COc1ccc(F)c(-c2ccc(COc3cccc([C@H](O)CC(=O)O)c3)cc2C2=CCCCC2(C)C)c1. The van der Waals surface area contributed by atoms with Crippen LogP contribution in [-0.2, 0) is 11.4 Å². The van der Waals surface area contributed by atoms with Crippen molar-refractivity contribution in [3.05, 3.63) is 89.2 Å². The minimum absolute atomic E-state index is 0.0591. The molecule has 4 rings (SSSR count). The van der Waals surface area contributed by atoms with Gasteiger partial charge in [0.15, 0.2) is 0 Å². The van der Waals surface area contributed by atoms with E-state index in [4.69, 9.17) is 14.6 Å².